The summed E-state index contributed by atoms with van der Waals surface area (Å²) in [5.74, 6) is -0.359. The second kappa shape index (κ2) is 7.65. The molecule has 1 amide bonds. The van der Waals surface area contributed by atoms with Crippen LogP contribution in [-0.4, -0.2) is 25.9 Å². The maximum atomic E-state index is 13.5. The van der Waals surface area contributed by atoms with Crippen LogP contribution in [0.3, 0.4) is 0 Å². The molecule has 0 radical (unpaired) electrons. The van der Waals surface area contributed by atoms with Gasteiger partial charge < -0.3 is 5.32 Å². The molecule has 0 bridgehead atoms. The average Bonchev–Trinajstić information content (AvgIpc) is 3.11. The van der Waals surface area contributed by atoms with Crippen molar-refractivity contribution in [2.75, 3.05) is 0 Å². The van der Waals surface area contributed by atoms with Crippen LogP contribution in [0.4, 0.5) is 4.39 Å². The predicted molar refractivity (Wildman–Crippen MR) is 90.5 cm³/mol. The van der Waals surface area contributed by atoms with Gasteiger partial charge >= 0.3 is 0 Å². The molecule has 6 nitrogen and oxygen atoms in total. The summed E-state index contributed by atoms with van der Waals surface area (Å²) < 4.78 is 15.1. The number of aryl methyl sites for hydroxylation is 2. The number of nitrogens with zero attached hydrogens (tertiary/aromatic N) is 4. The number of hydrogen-bond acceptors (Lipinski definition) is 4. The molecule has 0 unspecified atom stereocenters. The molecule has 25 heavy (non-hydrogen) atoms. The minimum Gasteiger partial charge on any atom is -0.350 e. The van der Waals surface area contributed by atoms with E-state index < -0.39 is 0 Å². The van der Waals surface area contributed by atoms with Crippen molar-refractivity contribution in [1.82, 2.24) is 25.3 Å². The van der Waals surface area contributed by atoms with Gasteiger partial charge in [-0.3, -0.25) is 9.78 Å². The summed E-state index contributed by atoms with van der Waals surface area (Å²) in [5.41, 5.74) is 2.86. The van der Waals surface area contributed by atoms with E-state index in [-0.39, 0.29) is 11.7 Å². The summed E-state index contributed by atoms with van der Waals surface area (Å²) in [6.45, 7) is 2.01. The Morgan fingerprint density at radius 2 is 2.20 bits per heavy atom. The van der Waals surface area contributed by atoms with Gasteiger partial charge in [0.1, 0.15) is 11.5 Å². The summed E-state index contributed by atoms with van der Waals surface area (Å²) in [7, 11) is 0. The summed E-state index contributed by atoms with van der Waals surface area (Å²) in [6, 6.07) is 8.71. The van der Waals surface area contributed by atoms with Crippen LogP contribution in [0.2, 0.25) is 0 Å². The molecule has 0 atom stereocenters. The van der Waals surface area contributed by atoms with Gasteiger partial charge in [0.25, 0.3) is 0 Å². The highest BCUT2D eigenvalue weighted by Crippen LogP contribution is 2.11. The third kappa shape index (κ3) is 4.47. The van der Waals surface area contributed by atoms with Crippen LogP contribution in [0.15, 0.2) is 48.9 Å². The first kappa shape index (κ1) is 16.8. The van der Waals surface area contributed by atoms with Crippen LogP contribution < -0.4 is 5.32 Å². The van der Waals surface area contributed by atoms with Crippen LogP contribution in [-0.2, 0) is 17.8 Å². The zero-order valence-electron chi connectivity index (χ0n) is 13.8. The number of pyridine rings is 1. The van der Waals surface area contributed by atoms with Crippen molar-refractivity contribution in [3.8, 4) is 5.69 Å². The quantitative estimate of drug-likeness (QED) is 0.748. The Kier molecular flexibility index (Phi) is 5.13. The van der Waals surface area contributed by atoms with Crippen molar-refractivity contribution in [2.24, 2.45) is 0 Å². The van der Waals surface area contributed by atoms with Crippen LogP contribution >= 0.6 is 0 Å². The first-order valence-electron chi connectivity index (χ1n) is 7.95. The lowest BCUT2D eigenvalue weighted by Crippen LogP contribution is -2.23. The predicted octanol–water partition coefficient (Wildman–Crippen LogP) is 2.36. The van der Waals surface area contributed by atoms with Crippen molar-refractivity contribution in [1.29, 1.82) is 0 Å². The smallest absolute Gasteiger partial charge is 0.220 e. The molecule has 0 spiro atoms. The summed E-state index contributed by atoms with van der Waals surface area (Å²) in [4.78, 5) is 16.0. The number of halogens is 1. The SMILES string of the molecule is Cc1ccc(CCC(=O)NCc2cn(-c3cccnc3)nn2)cc1F. The molecule has 2 heterocycles. The number of carbonyl (C=O) groups is 1. The number of rotatable bonds is 6. The number of benzene rings is 1. The van der Waals surface area contributed by atoms with Gasteiger partial charge in [-0.1, -0.05) is 17.3 Å². The second-order valence-corrected chi connectivity index (χ2v) is 5.73. The Hall–Kier alpha value is -3.09. The molecule has 0 saturated heterocycles. The Morgan fingerprint density at radius 1 is 1.32 bits per heavy atom. The lowest BCUT2D eigenvalue weighted by molar-refractivity contribution is -0.121. The largest absolute Gasteiger partial charge is 0.350 e. The fraction of sp³-hybridized carbons (Fsp3) is 0.222. The van der Waals surface area contributed by atoms with E-state index in [0.29, 0.717) is 30.6 Å². The van der Waals surface area contributed by atoms with Crippen molar-refractivity contribution in [3.05, 3.63) is 71.6 Å². The van der Waals surface area contributed by atoms with Gasteiger partial charge in [0, 0.05) is 12.6 Å². The molecule has 1 N–H and O–H groups in total. The minimum atomic E-state index is -0.245. The first-order valence-corrected chi connectivity index (χ1v) is 7.95. The molecule has 0 fully saturated rings. The fourth-order valence-electron chi connectivity index (χ4n) is 2.32. The summed E-state index contributed by atoms with van der Waals surface area (Å²) in [6.07, 6.45) is 5.89. The lowest BCUT2D eigenvalue weighted by atomic mass is 10.1. The maximum absolute atomic E-state index is 13.5. The molecule has 7 heteroatoms. The Labute approximate surface area is 144 Å². The van der Waals surface area contributed by atoms with Gasteiger partial charge in [-0.15, -0.1) is 5.10 Å². The lowest BCUT2D eigenvalue weighted by Gasteiger charge is -2.04. The third-order valence-corrected chi connectivity index (χ3v) is 3.79. The molecule has 1 aromatic carbocycles. The van der Waals surface area contributed by atoms with Crippen LogP contribution in [0.1, 0.15) is 23.2 Å². The number of aromatic nitrogens is 4. The zero-order chi connectivity index (χ0) is 17.6. The number of amides is 1. The molecule has 128 valence electrons. The molecule has 0 aliphatic rings. The molecular weight excluding hydrogens is 321 g/mol. The van der Waals surface area contributed by atoms with E-state index in [0.717, 1.165) is 11.3 Å². The molecule has 3 aromatic rings. The van der Waals surface area contributed by atoms with Crippen molar-refractivity contribution < 1.29 is 9.18 Å². The third-order valence-electron chi connectivity index (χ3n) is 3.79. The van der Waals surface area contributed by atoms with Gasteiger partial charge in [0.2, 0.25) is 5.91 Å². The van der Waals surface area contributed by atoms with E-state index in [2.05, 4.69) is 20.6 Å². The summed E-state index contributed by atoms with van der Waals surface area (Å²) >= 11 is 0. The van der Waals surface area contributed by atoms with E-state index in [1.165, 1.54) is 6.07 Å². The minimum absolute atomic E-state index is 0.114. The topological polar surface area (TPSA) is 72.7 Å². The standard InChI is InChI=1S/C18H18FN5O/c1-13-4-5-14(9-17(13)19)6-7-18(25)21-10-15-12-24(23-22-15)16-3-2-8-20-11-16/h2-5,8-9,11-12H,6-7,10H2,1H3,(H,21,25). The molecule has 0 aliphatic carbocycles. The number of nitrogens with one attached hydrogen (secondary N) is 1. The first-order chi connectivity index (χ1) is 12.1. The van der Waals surface area contributed by atoms with Crippen molar-refractivity contribution >= 4 is 5.91 Å². The van der Waals surface area contributed by atoms with E-state index in [1.807, 2.05) is 18.2 Å². The molecule has 0 saturated carbocycles. The van der Waals surface area contributed by atoms with E-state index >= 15 is 0 Å². The van der Waals surface area contributed by atoms with Gasteiger partial charge in [-0.2, -0.15) is 0 Å². The van der Waals surface area contributed by atoms with Crippen molar-refractivity contribution in [2.45, 2.75) is 26.3 Å². The second-order valence-electron chi connectivity index (χ2n) is 5.73. The Morgan fingerprint density at radius 3 is 2.96 bits per heavy atom. The van der Waals surface area contributed by atoms with Gasteiger partial charge in [-0.05, 0) is 42.7 Å². The highest BCUT2D eigenvalue weighted by molar-refractivity contribution is 5.76. The van der Waals surface area contributed by atoms with Crippen LogP contribution in [0.25, 0.3) is 5.69 Å². The molecule has 3 rings (SSSR count). The molecular formula is C18H18FN5O. The highest BCUT2D eigenvalue weighted by atomic mass is 19.1. The van der Waals surface area contributed by atoms with Crippen LogP contribution in [0.5, 0.6) is 0 Å². The van der Waals surface area contributed by atoms with Gasteiger partial charge in [0.05, 0.1) is 24.6 Å². The van der Waals surface area contributed by atoms with E-state index in [1.54, 1.807) is 36.3 Å². The van der Waals surface area contributed by atoms with E-state index in [9.17, 15) is 9.18 Å². The Bertz CT molecular complexity index is 863. The maximum Gasteiger partial charge on any atom is 0.220 e. The molecule has 2 aromatic heterocycles. The fourth-order valence-corrected chi connectivity index (χ4v) is 2.32. The number of carbonyl (C=O) groups excluding carboxylic acids is 1. The zero-order valence-corrected chi connectivity index (χ0v) is 13.8. The summed E-state index contributed by atoms with van der Waals surface area (Å²) in [5, 5.41) is 10.8. The average molecular weight is 339 g/mol. The van der Waals surface area contributed by atoms with Crippen molar-refractivity contribution in [3.63, 3.8) is 0 Å². The van der Waals surface area contributed by atoms with E-state index in [4.69, 9.17) is 0 Å². The monoisotopic (exact) mass is 339 g/mol. The Balaban J connectivity index is 1.49. The van der Waals surface area contributed by atoms with Crippen LogP contribution in [0, 0.1) is 12.7 Å². The normalized spacial score (nSPS) is 10.6. The molecule has 0 aliphatic heterocycles. The highest BCUT2D eigenvalue weighted by Gasteiger charge is 2.07. The van der Waals surface area contributed by atoms with Gasteiger partial charge in [0.15, 0.2) is 0 Å². The van der Waals surface area contributed by atoms with Gasteiger partial charge in [-0.25, -0.2) is 9.07 Å². The number of hydrogen-bond donors (Lipinski definition) is 1.